The molecule has 0 bridgehead atoms. The second kappa shape index (κ2) is 13.8. The van der Waals surface area contributed by atoms with Gasteiger partial charge >= 0.3 is 0 Å². The second-order valence-electron chi connectivity index (χ2n) is 11.5. The van der Waals surface area contributed by atoms with Crippen LogP contribution >= 0.6 is 0 Å². The van der Waals surface area contributed by atoms with Gasteiger partial charge in [-0.1, -0.05) is 67.4 Å². The van der Waals surface area contributed by atoms with Crippen molar-refractivity contribution < 1.29 is 14.2 Å². The lowest BCUT2D eigenvalue weighted by molar-refractivity contribution is 0.214. The summed E-state index contributed by atoms with van der Waals surface area (Å²) in [4.78, 5) is 2.54. The molecule has 0 radical (unpaired) electrons. The molecular weight excluding hydrogens is 532 g/mol. The van der Waals surface area contributed by atoms with Crippen LogP contribution in [0.2, 0.25) is 0 Å². The van der Waals surface area contributed by atoms with E-state index >= 15 is 0 Å². The molecule has 0 aliphatic carbocycles. The lowest BCUT2D eigenvalue weighted by Crippen LogP contribution is -2.29. The van der Waals surface area contributed by atoms with Crippen molar-refractivity contribution in [2.75, 3.05) is 33.4 Å². The van der Waals surface area contributed by atoms with Crippen LogP contribution in [-0.4, -0.2) is 42.8 Å². The van der Waals surface area contributed by atoms with Crippen LogP contribution in [0.4, 0.5) is 0 Å². The number of rotatable bonds is 11. The highest BCUT2D eigenvalue weighted by Gasteiger charge is 2.18. The molecule has 0 saturated carbocycles. The minimum atomic E-state index is 0.543. The normalized spacial score (nSPS) is 14.0. The summed E-state index contributed by atoms with van der Waals surface area (Å²) in [5.41, 5.74) is 7.11. The Labute approximate surface area is 255 Å². The van der Waals surface area contributed by atoms with Gasteiger partial charge in [-0.3, -0.25) is 4.90 Å². The van der Waals surface area contributed by atoms with Crippen molar-refractivity contribution >= 4 is 10.9 Å². The van der Waals surface area contributed by atoms with Crippen molar-refractivity contribution in [1.29, 1.82) is 0 Å². The van der Waals surface area contributed by atoms with E-state index in [4.69, 9.17) is 14.2 Å². The van der Waals surface area contributed by atoms with Crippen LogP contribution in [0.3, 0.4) is 0 Å². The summed E-state index contributed by atoms with van der Waals surface area (Å²) in [7, 11) is 1.72. The number of methoxy groups -OCH3 is 1. The molecule has 5 heteroatoms. The molecule has 5 nitrogen and oxygen atoms in total. The van der Waals surface area contributed by atoms with Crippen LogP contribution in [0.15, 0.2) is 97.1 Å². The molecule has 2 heterocycles. The maximum atomic E-state index is 6.21. The minimum absolute atomic E-state index is 0.543. The van der Waals surface area contributed by atoms with E-state index in [2.05, 4.69) is 89.2 Å². The number of benzene rings is 4. The molecule has 0 spiro atoms. The van der Waals surface area contributed by atoms with E-state index in [0.717, 1.165) is 48.1 Å². The molecule has 0 unspecified atom stereocenters. The predicted molar refractivity (Wildman–Crippen MR) is 175 cm³/mol. The first-order valence-corrected chi connectivity index (χ1v) is 15.6. The summed E-state index contributed by atoms with van der Waals surface area (Å²) >= 11 is 0. The largest absolute Gasteiger partial charge is 0.497 e. The molecule has 222 valence electrons. The fourth-order valence-electron chi connectivity index (χ4n) is 6.17. The summed E-state index contributed by atoms with van der Waals surface area (Å²) in [6, 6.07) is 33.7. The van der Waals surface area contributed by atoms with Crippen LogP contribution < -0.4 is 14.2 Å². The number of ether oxygens (including phenoxy) is 3. The van der Waals surface area contributed by atoms with Crippen LogP contribution in [0.5, 0.6) is 17.2 Å². The van der Waals surface area contributed by atoms with Gasteiger partial charge in [-0.2, -0.15) is 0 Å². The first kappa shape index (κ1) is 28.9. The van der Waals surface area contributed by atoms with E-state index in [1.165, 1.54) is 66.5 Å². The zero-order valence-corrected chi connectivity index (χ0v) is 25.4. The van der Waals surface area contributed by atoms with E-state index in [9.17, 15) is 0 Å². The molecule has 5 aromatic rings. The first-order valence-electron chi connectivity index (χ1n) is 15.6. The third kappa shape index (κ3) is 7.06. The summed E-state index contributed by atoms with van der Waals surface area (Å²) in [5.74, 6) is 2.65. The zero-order valence-electron chi connectivity index (χ0n) is 25.4. The van der Waals surface area contributed by atoms with Gasteiger partial charge in [0.25, 0.3) is 0 Å². The molecule has 1 aliphatic rings. The number of hydrogen-bond donors (Lipinski definition) is 0. The SMILES string of the molecule is COc1cccc(-c2c(C)c3cc(OCc4ccccc4)ccc3n2Cc2ccc(OCCN3CCCCCC3)cc2)c1. The third-order valence-electron chi connectivity index (χ3n) is 8.52. The Morgan fingerprint density at radius 2 is 1.44 bits per heavy atom. The van der Waals surface area contributed by atoms with Crippen LogP contribution in [0, 0.1) is 6.92 Å². The Morgan fingerprint density at radius 1 is 0.674 bits per heavy atom. The van der Waals surface area contributed by atoms with Gasteiger partial charge in [0.15, 0.2) is 0 Å². The lowest BCUT2D eigenvalue weighted by atomic mass is 10.1. The molecular formula is C38H42N2O3. The highest BCUT2D eigenvalue weighted by atomic mass is 16.5. The van der Waals surface area contributed by atoms with Gasteiger partial charge in [-0.25, -0.2) is 0 Å². The van der Waals surface area contributed by atoms with E-state index in [0.29, 0.717) is 6.61 Å². The minimum Gasteiger partial charge on any atom is -0.497 e. The zero-order chi connectivity index (χ0) is 29.4. The number of aryl methyl sites for hydroxylation is 1. The van der Waals surface area contributed by atoms with Crippen molar-refractivity contribution in [1.82, 2.24) is 9.47 Å². The van der Waals surface area contributed by atoms with Crippen molar-refractivity contribution in [2.24, 2.45) is 0 Å². The predicted octanol–water partition coefficient (Wildman–Crippen LogP) is 8.51. The van der Waals surface area contributed by atoms with Crippen molar-refractivity contribution in [2.45, 2.75) is 45.8 Å². The van der Waals surface area contributed by atoms with Crippen molar-refractivity contribution in [3.05, 3.63) is 114 Å². The van der Waals surface area contributed by atoms with Crippen molar-refractivity contribution in [3.8, 4) is 28.5 Å². The standard InChI is InChI=1S/C38H42N2O3/c1-29-36-26-35(43-28-31-11-6-5-7-12-31)19-20-37(36)40(38(29)32-13-10-14-34(25-32)41-2)27-30-15-17-33(18-16-30)42-24-23-39-21-8-3-4-9-22-39/h5-7,10-20,25-26H,3-4,8-9,21-24,27-28H2,1-2H3. The molecule has 4 aromatic carbocycles. The van der Waals surface area contributed by atoms with Crippen molar-refractivity contribution in [3.63, 3.8) is 0 Å². The van der Waals surface area contributed by atoms with Gasteiger partial charge in [0.1, 0.15) is 30.5 Å². The van der Waals surface area contributed by atoms with Gasteiger partial charge in [-0.15, -0.1) is 0 Å². The van der Waals surface area contributed by atoms with E-state index in [1.807, 2.05) is 24.3 Å². The average molecular weight is 575 g/mol. The Bertz CT molecular complexity index is 1620. The molecule has 1 fully saturated rings. The summed E-state index contributed by atoms with van der Waals surface area (Å²) < 4.78 is 20.3. The number of aromatic nitrogens is 1. The number of fused-ring (bicyclic) bond motifs is 1. The molecule has 0 N–H and O–H groups in total. The molecule has 43 heavy (non-hydrogen) atoms. The number of hydrogen-bond acceptors (Lipinski definition) is 4. The quantitative estimate of drug-likeness (QED) is 0.158. The van der Waals surface area contributed by atoms with Gasteiger partial charge in [-0.05, 0) is 92.0 Å². The topological polar surface area (TPSA) is 35.9 Å². The fraction of sp³-hybridized carbons (Fsp3) is 0.316. The summed E-state index contributed by atoms with van der Waals surface area (Å²) in [5, 5.41) is 1.19. The second-order valence-corrected chi connectivity index (χ2v) is 11.5. The highest BCUT2D eigenvalue weighted by Crippen LogP contribution is 2.37. The van der Waals surface area contributed by atoms with Gasteiger partial charge < -0.3 is 18.8 Å². The first-order chi connectivity index (χ1) is 21.2. The summed E-state index contributed by atoms with van der Waals surface area (Å²) in [6.45, 7) is 7.62. The molecule has 1 aromatic heterocycles. The van der Waals surface area contributed by atoms with Crippen LogP contribution in [0.1, 0.15) is 42.4 Å². The smallest absolute Gasteiger partial charge is 0.120 e. The number of nitrogens with zero attached hydrogens (tertiary/aromatic N) is 2. The monoisotopic (exact) mass is 574 g/mol. The highest BCUT2D eigenvalue weighted by molar-refractivity contribution is 5.92. The molecule has 6 rings (SSSR count). The van der Waals surface area contributed by atoms with E-state index in [1.54, 1.807) is 7.11 Å². The van der Waals surface area contributed by atoms with Gasteiger partial charge in [0.2, 0.25) is 0 Å². The van der Waals surface area contributed by atoms with Gasteiger partial charge in [0, 0.05) is 29.6 Å². The summed E-state index contributed by atoms with van der Waals surface area (Å²) in [6.07, 6.45) is 5.33. The fourth-order valence-corrected chi connectivity index (χ4v) is 6.17. The molecule has 0 atom stereocenters. The average Bonchev–Trinajstić information content (AvgIpc) is 3.18. The lowest BCUT2D eigenvalue weighted by Gasteiger charge is -2.19. The molecule has 0 amide bonds. The van der Waals surface area contributed by atoms with E-state index in [-0.39, 0.29) is 0 Å². The van der Waals surface area contributed by atoms with Crippen LogP contribution in [-0.2, 0) is 13.2 Å². The number of likely N-dealkylation sites (tertiary alicyclic amines) is 1. The maximum Gasteiger partial charge on any atom is 0.120 e. The maximum absolute atomic E-state index is 6.21. The van der Waals surface area contributed by atoms with E-state index < -0.39 is 0 Å². The third-order valence-corrected chi connectivity index (χ3v) is 8.52. The Kier molecular flexibility index (Phi) is 9.29. The molecule has 1 aliphatic heterocycles. The Balaban J connectivity index is 1.24. The van der Waals surface area contributed by atoms with Crippen LogP contribution in [0.25, 0.3) is 22.2 Å². The van der Waals surface area contributed by atoms with Gasteiger partial charge in [0.05, 0.1) is 12.8 Å². The Hall–Kier alpha value is -4.22. The molecule has 1 saturated heterocycles. The Morgan fingerprint density at radius 3 is 2.21 bits per heavy atom.